The van der Waals surface area contributed by atoms with Crippen molar-refractivity contribution in [2.75, 3.05) is 0 Å². The Hall–Kier alpha value is -1.19. The molecule has 0 aliphatic carbocycles. The molecular weight excluding hydrogens is 417 g/mol. The van der Waals surface area contributed by atoms with Crippen LogP contribution in [0.5, 0.6) is 0 Å². The van der Waals surface area contributed by atoms with E-state index < -0.39 is 5.92 Å². The van der Waals surface area contributed by atoms with Gasteiger partial charge in [-0.2, -0.15) is 5.26 Å². The molecule has 0 aliphatic heterocycles. The molecule has 2 aromatic carbocycles. The van der Waals surface area contributed by atoms with Gasteiger partial charge < -0.3 is 0 Å². The van der Waals surface area contributed by atoms with Gasteiger partial charge in [-0.25, -0.2) is 0 Å². The molecule has 0 spiro atoms. The van der Waals surface area contributed by atoms with Gasteiger partial charge in [0.15, 0.2) is 5.78 Å². The van der Waals surface area contributed by atoms with Crippen LogP contribution in [0.1, 0.15) is 21.8 Å². The van der Waals surface area contributed by atoms with E-state index in [1.165, 1.54) is 0 Å². The zero-order valence-corrected chi connectivity index (χ0v) is 13.6. The van der Waals surface area contributed by atoms with Crippen LogP contribution in [0.4, 0.5) is 0 Å². The second-order valence-electron chi connectivity index (χ2n) is 3.99. The van der Waals surface area contributed by atoms with Crippen molar-refractivity contribution >= 4 is 44.3 Å². The van der Waals surface area contributed by atoms with E-state index in [0.29, 0.717) is 11.1 Å². The number of hydrogen-bond acceptors (Lipinski definition) is 2. The number of nitrogens with zero attached hydrogens (tertiary/aromatic N) is 1. The summed E-state index contributed by atoms with van der Waals surface area (Å²) >= 11 is 5.51. The van der Waals surface area contributed by atoms with Crippen molar-refractivity contribution in [3.8, 4) is 6.07 Å². The lowest BCUT2D eigenvalue weighted by Gasteiger charge is -2.09. The summed E-state index contributed by atoms with van der Waals surface area (Å²) in [6.45, 7) is 0. The summed E-state index contributed by atoms with van der Waals surface area (Å²) in [4.78, 5) is 12.4. The van der Waals surface area contributed by atoms with Gasteiger partial charge in [-0.15, -0.1) is 0 Å². The molecule has 2 rings (SSSR count). The number of nitriles is 1. The molecular formula is C15H9BrINO. The second-order valence-corrected chi connectivity index (χ2v) is 6.15. The molecule has 0 saturated carbocycles. The lowest BCUT2D eigenvalue weighted by Crippen LogP contribution is -2.11. The zero-order chi connectivity index (χ0) is 13.8. The molecule has 19 heavy (non-hydrogen) atoms. The van der Waals surface area contributed by atoms with Crippen LogP contribution >= 0.6 is 38.5 Å². The van der Waals surface area contributed by atoms with Crippen molar-refractivity contribution in [1.29, 1.82) is 5.26 Å². The Morgan fingerprint density at radius 1 is 1.21 bits per heavy atom. The smallest absolute Gasteiger partial charge is 0.184 e. The minimum absolute atomic E-state index is 0.167. The first-order valence-electron chi connectivity index (χ1n) is 5.56. The Kier molecular flexibility index (Phi) is 4.72. The van der Waals surface area contributed by atoms with Crippen LogP contribution < -0.4 is 0 Å². The third-order valence-electron chi connectivity index (χ3n) is 2.68. The Balaban J connectivity index is 2.38. The van der Waals surface area contributed by atoms with Crippen molar-refractivity contribution in [3.63, 3.8) is 0 Å². The summed E-state index contributed by atoms with van der Waals surface area (Å²) < 4.78 is 1.84. The predicted molar refractivity (Wildman–Crippen MR) is 86.0 cm³/mol. The molecule has 0 fully saturated rings. The third-order valence-corrected chi connectivity index (χ3v) is 3.85. The van der Waals surface area contributed by atoms with Crippen molar-refractivity contribution in [2.24, 2.45) is 0 Å². The SMILES string of the molecule is N#CC(C(=O)c1cccc(I)c1)c1cccc(Br)c1. The third kappa shape index (κ3) is 3.43. The lowest BCUT2D eigenvalue weighted by molar-refractivity contribution is 0.0979. The predicted octanol–water partition coefficient (Wildman–Crippen LogP) is 4.54. The van der Waals surface area contributed by atoms with Gasteiger partial charge in [0.25, 0.3) is 0 Å². The molecule has 1 atom stereocenters. The fourth-order valence-corrected chi connectivity index (χ4v) is 2.74. The lowest BCUT2D eigenvalue weighted by atomic mass is 9.92. The first-order chi connectivity index (χ1) is 9.11. The van der Waals surface area contributed by atoms with E-state index in [1.54, 1.807) is 24.3 Å². The van der Waals surface area contributed by atoms with E-state index in [-0.39, 0.29) is 5.78 Å². The van der Waals surface area contributed by atoms with E-state index in [0.717, 1.165) is 8.04 Å². The average Bonchev–Trinajstić information content (AvgIpc) is 2.39. The molecule has 94 valence electrons. The monoisotopic (exact) mass is 425 g/mol. The summed E-state index contributed by atoms with van der Waals surface area (Å²) in [5.41, 5.74) is 1.28. The number of rotatable bonds is 3. The molecule has 0 radical (unpaired) electrons. The molecule has 2 aromatic rings. The number of Topliss-reactive ketones (excluding diaryl/α,β-unsaturated/α-hetero) is 1. The summed E-state index contributed by atoms with van der Waals surface area (Å²) in [7, 11) is 0. The minimum atomic E-state index is -0.768. The van der Waals surface area contributed by atoms with Gasteiger partial charge in [0.2, 0.25) is 0 Å². The minimum Gasteiger partial charge on any atom is -0.292 e. The molecule has 1 unspecified atom stereocenters. The number of hydrogen-bond donors (Lipinski definition) is 0. The van der Waals surface area contributed by atoms with Crippen LogP contribution in [-0.2, 0) is 0 Å². The van der Waals surface area contributed by atoms with Crippen LogP contribution in [0.15, 0.2) is 53.0 Å². The highest BCUT2D eigenvalue weighted by Gasteiger charge is 2.21. The van der Waals surface area contributed by atoms with Crippen LogP contribution in [0, 0.1) is 14.9 Å². The maximum Gasteiger partial charge on any atom is 0.184 e. The fourth-order valence-electron chi connectivity index (χ4n) is 1.78. The second kappa shape index (κ2) is 6.31. The first-order valence-corrected chi connectivity index (χ1v) is 7.44. The van der Waals surface area contributed by atoms with Gasteiger partial charge in [-0.3, -0.25) is 4.79 Å². The molecule has 0 heterocycles. The Morgan fingerprint density at radius 2 is 1.95 bits per heavy atom. The van der Waals surface area contributed by atoms with E-state index in [2.05, 4.69) is 44.6 Å². The molecule has 0 N–H and O–H groups in total. The van der Waals surface area contributed by atoms with Crippen LogP contribution in [0.2, 0.25) is 0 Å². The van der Waals surface area contributed by atoms with Gasteiger partial charge in [-0.1, -0.05) is 40.2 Å². The molecule has 2 nitrogen and oxygen atoms in total. The first kappa shape index (κ1) is 14.2. The van der Waals surface area contributed by atoms with Crippen molar-refractivity contribution in [2.45, 2.75) is 5.92 Å². The maximum absolute atomic E-state index is 12.4. The van der Waals surface area contributed by atoms with E-state index in [4.69, 9.17) is 0 Å². The number of benzene rings is 2. The maximum atomic E-state index is 12.4. The highest BCUT2D eigenvalue weighted by molar-refractivity contribution is 14.1. The normalized spacial score (nSPS) is 11.6. The summed E-state index contributed by atoms with van der Waals surface area (Å²) in [6, 6.07) is 16.7. The highest BCUT2D eigenvalue weighted by atomic mass is 127. The molecule has 0 amide bonds. The quantitative estimate of drug-likeness (QED) is 0.534. The van der Waals surface area contributed by atoms with E-state index in [9.17, 15) is 10.1 Å². The topological polar surface area (TPSA) is 40.9 Å². The van der Waals surface area contributed by atoms with Gasteiger partial charge in [0.1, 0.15) is 5.92 Å². The van der Waals surface area contributed by atoms with Crippen LogP contribution in [0.25, 0.3) is 0 Å². The zero-order valence-electron chi connectivity index (χ0n) is 9.81. The van der Waals surface area contributed by atoms with Gasteiger partial charge >= 0.3 is 0 Å². The Labute approximate surface area is 133 Å². The van der Waals surface area contributed by atoms with Crippen LogP contribution in [0.3, 0.4) is 0 Å². The standard InChI is InChI=1S/C15H9BrINO/c16-12-5-1-3-10(7-12)14(9-18)15(19)11-4-2-6-13(17)8-11/h1-8,14H. The summed E-state index contributed by atoms with van der Waals surface area (Å²) in [5, 5.41) is 9.28. The number of ketones is 1. The summed E-state index contributed by atoms with van der Waals surface area (Å²) in [6.07, 6.45) is 0. The number of halogens is 2. The molecule has 0 bridgehead atoms. The molecule has 0 aliphatic rings. The molecule has 4 heteroatoms. The van der Waals surface area contributed by atoms with Gasteiger partial charge in [-0.05, 0) is 52.4 Å². The summed E-state index contributed by atoms with van der Waals surface area (Å²) in [5.74, 6) is -0.935. The van der Waals surface area contributed by atoms with Gasteiger partial charge in [0.05, 0.1) is 6.07 Å². The van der Waals surface area contributed by atoms with Gasteiger partial charge in [0, 0.05) is 13.6 Å². The fraction of sp³-hybridized carbons (Fsp3) is 0.0667. The van der Waals surface area contributed by atoms with Crippen LogP contribution in [-0.4, -0.2) is 5.78 Å². The molecule has 0 aromatic heterocycles. The average molecular weight is 426 g/mol. The van der Waals surface area contributed by atoms with Crippen molar-refractivity contribution < 1.29 is 4.79 Å². The van der Waals surface area contributed by atoms with Crippen molar-refractivity contribution in [1.82, 2.24) is 0 Å². The highest BCUT2D eigenvalue weighted by Crippen LogP contribution is 2.24. The number of carbonyl (C=O) groups excluding carboxylic acids is 1. The van der Waals surface area contributed by atoms with Crippen molar-refractivity contribution in [3.05, 3.63) is 67.7 Å². The largest absolute Gasteiger partial charge is 0.292 e. The number of carbonyl (C=O) groups is 1. The Morgan fingerprint density at radius 3 is 2.58 bits per heavy atom. The van der Waals surface area contributed by atoms with E-state index >= 15 is 0 Å². The Bertz CT molecular complexity index is 663. The molecule has 0 saturated heterocycles. The van der Waals surface area contributed by atoms with E-state index in [1.807, 2.05) is 24.3 Å².